The van der Waals surface area contributed by atoms with Crippen molar-refractivity contribution in [1.82, 2.24) is 0 Å². The topological polar surface area (TPSA) is 37.3 Å². The van der Waals surface area contributed by atoms with Crippen LogP contribution in [0.3, 0.4) is 0 Å². The molecule has 104 valence electrons. The highest BCUT2D eigenvalue weighted by atomic mass is 16.4. The first kappa shape index (κ1) is 16.9. The first-order chi connectivity index (χ1) is 8.47. The molecule has 0 fully saturated rings. The summed E-state index contributed by atoms with van der Waals surface area (Å²) >= 11 is 0. The fourth-order valence-corrected chi connectivity index (χ4v) is 2.19. The molecule has 0 heterocycles. The second-order valence-electron chi connectivity index (χ2n) is 5.38. The number of carboxylic acids is 1. The van der Waals surface area contributed by atoms with Crippen LogP contribution in [0.2, 0.25) is 0 Å². The average Bonchev–Trinajstić information content (AvgIpc) is 2.28. The summed E-state index contributed by atoms with van der Waals surface area (Å²) in [5.41, 5.74) is 1.26. The van der Waals surface area contributed by atoms with Crippen LogP contribution in [0.5, 0.6) is 0 Å². The molecule has 0 aromatic carbocycles. The van der Waals surface area contributed by atoms with E-state index in [1.807, 2.05) is 6.08 Å². The fraction of sp³-hybridized carbons (Fsp3) is 0.688. The van der Waals surface area contributed by atoms with Gasteiger partial charge in [-0.15, -0.1) is 6.58 Å². The van der Waals surface area contributed by atoms with Crippen molar-refractivity contribution >= 4 is 5.97 Å². The quantitative estimate of drug-likeness (QED) is 0.535. The van der Waals surface area contributed by atoms with Crippen molar-refractivity contribution < 1.29 is 9.90 Å². The minimum atomic E-state index is -0.687. The van der Waals surface area contributed by atoms with Gasteiger partial charge < -0.3 is 5.11 Å². The lowest BCUT2D eigenvalue weighted by Crippen LogP contribution is -2.05. The Morgan fingerprint density at radius 2 is 1.94 bits per heavy atom. The summed E-state index contributed by atoms with van der Waals surface area (Å²) in [5, 5.41) is 8.59. The highest BCUT2D eigenvalue weighted by Gasteiger charge is 2.11. The normalized spacial score (nSPS) is 13.9. The largest absolute Gasteiger partial charge is 0.481 e. The van der Waals surface area contributed by atoms with Crippen LogP contribution in [0.15, 0.2) is 24.8 Å². The predicted octanol–water partition coefficient (Wildman–Crippen LogP) is 4.82. The van der Waals surface area contributed by atoms with Crippen molar-refractivity contribution in [2.24, 2.45) is 11.8 Å². The molecule has 0 aliphatic rings. The number of aliphatic carboxylic acids is 1. The maximum absolute atomic E-state index is 10.4. The van der Waals surface area contributed by atoms with Gasteiger partial charge in [-0.2, -0.15) is 0 Å². The Hall–Kier alpha value is -1.05. The van der Waals surface area contributed by atoms with Crippen molar-refractivity contribution in [3.05, 3.63) is 24.8 Å². The lowest BCUT2D eigenvalue weighted by atomic mass is 9.87. The Morgan fingerprint density at radius 1 is 1.28 bits per heavy atom. The monoisotopic (exact) mass is 252 g/mol. The van der Waals surface area contributed by atoms with Gasteiger partial charge in [0.25, 0.3) is 0 Å². The van der Waals surface area contributed by atoms with Gasteiger partial charge in [-0.1, -0.05) is 38.0 Å². The molecule has 0 unspecified atom stereocenters. The molecule has 0 rings (SSSR count). The van der Waals surface area contributed by atoms with E-state index in [1.54, 1.807) is 0 Å². The first-order valence-electron chi connectivity index (χ1n) is 6.95. The Kier molecular flexibility index (Phi) is 9.35. The van der Waals surface area contributed by atoms with Gasteiger partial charge in [0.1, 0.15) is 0 Å². The summed E-state index contributed by atoms with van der Waals surface area (Å²) in [6.07, 6.45) is 8.58. The zero-order chi connectivity index (χ0) is 14.0. The van der Waals surface area contributed by atoms with Crippen LogP contribution in [0.1, 0.15) is 58.8 Å². The number of hydrogen-bond acceptors (Lipinski definition) is 1. The van der Waals surface area contributed by atoms with Crippen molar-refractivity contribution in [1.29, 1.82) is 0 Å². The average molecular weight is 252 g/mol. The summed E-state index contributed by atoms with van der Waals surface area (Å²) in [7, 11) is 0. The number of hydrogen-bond donors (Lipinski definition) is 1. The SMILES string of the molecule is C=CCC[C@@H](CC[C@H](C)CCCC(=O)O)C(=C)C. The highest BCUT2D eigenvalue weighted by molar-refractivity contribution is 5.66. The first-order valence-corrected chi connectivity index (χ1v) is 6.95. The van der Waals surface area contributed by atoms with Gasteiger partial charge in [0.05, 0.1) is 0 Å². The third-order valence-electron chi connectivity index (χ3n) is 3.51. The predicted molar refractivity (Wildman–Crippen MR) is 77.6 cm³/mol. The molecule has 0 aliphatic heterocycles. The van der Waals surface area contributed by atoms with Gasteiger partial charge in [-0.25, -0.2) is 0 Å². The molecule has 1 N–H and O–H groups in total. The standard InChI is InChI=1S/C16H28O2/c1-5-6-9-15(13(2)3)12-11-14(4)8-7-10-16(17)18/h5,14-15H,1-2,6-12H2,3-4H3,(H,17,18)/t14-,15+/m1/s1. The molecule has 2 heteroatoms. The number of rotatable bonds is 11. The summed E-state index contributed by atoms with van der Waals surface area (Å²) < 4.78 is 0. The smallest absolute Gasteiger partial charge is 0.303 e. The fourth-order valence-electron chi connectivity index (χ4n) is 2.19. The Balaban J connectivity index is 3.84. The minimum Gasteiger partial charge on any atom is -0.481 e. The molecule has 0 spiro atoms. The highest BCUT2D eigenvalue weighted by Crippen LogP contribution is 2.25. The van der Waals surface area contributed by atoms with Gasteiger partial charge in [0, 0.05) is 6.42 Å². The van der Waals surface area contributed by atoms with Crippen LogP contribution < -0.4 is 0 Å². The number of carbonyl (C=O) groups is 1. The molecular formula is C16H28O2. The van der Waals surface area contributed by atoms with E-state index in [2.05, 4.69) is 27.0 Å². The molecule has 0 aromatic heterocycles. The van der Waals surface area contributed by atoms with Gasteiger partial charge in [-0.3, -0.25) is 4.79 Å². The third kappa shape index (κ3) is 9.03. The van der Waals surface area contributed by atoms with Crippen molar-refractivity contribution in [3.63, 3.8) is 0 Å². The molecule has 0 radical (unpaired) electrons. The van der Waals surface area contributed by atoms with Crippen LogP contribution >= 0.6 is 0 Å². The van der Waals surface area contributed by atoms with E-state index < -0.39 is 5.97 Å². The molecular weight excluding hydrogens is 224 g/mol. The molecule has 0 saturated heterocycles. The van der Waals surface area contributed by atoms with Crippen molar-refractivity contribution in [2.45, 2.75) is 58.8 Å². The van der Waals surface area contributed by atoms with Gasteiger partial charge in [-0.05, 0) is 44.4 Å². The molecule has 0 amide bonds. The van der Waals surface area contributed by atoms with Crippen molar-refractivity contribution in [3.8, 4) is 0 Å². The lowest BCUT2D eigenvalue weighted by molar-refractivity contribution is -0.137. The van der Waals surface area contributed by atoms with Gasteiger partial charge >= 0.3 is 5.97 Å². The zero-order valence-electron chi connectivity index (χ0n) is 12.0. The molecule has 18 heavy (non-hydrogen) atoms. The summed E-state index contributed by atoms with van der Waals surface area (Å²) in [4.78, 5) is 10.4. The number of allylic oxidation sites excluding steroid dienone is 2. The van der Waals surface area contributed by atoms with E-state index in [0.717, 1.165) is 38.5 Å². The lowest BCUT2D eigenvalue weighted by Gasteiger charge is -2.19. The molecule has 0 bridgehead atoms. The summed E-state index contributed by atoms with van der Waals surface area (Å²) in [6, 6.07) is 0. The maximum atomic E-state index is 10.4. The van der Waals surface area contributed by atoms with Gasteiger partial charge in [0.2, 0.25) is 0 Å². The van der Waals surface area contributed by atoms with E-state index in [-0.39, 0.29) is 0 Å². The minimum absolute atomic E-state index is 0.296. The maximum Gasteiger partial charge on any atom is 0.303 e. The Labute approximate surface area is 112 Å². The van der Waals surface area contributed by atoms with E-state index in [9.17, 15) is 4.79 Å². The molecule has 2 atom stereocenters. The van der Waals surface area contributed by atoms with Crippen molar-refractivity contribution in [2.75, 3.05) is 0 Å². The Bertz CT molecular complexity index is 268. The van der Waals surface area contributed by atoms with E-state index in [0.29, 0.717) is 18.3 Å². The second kappa shape index (κ2) is 9.93. The van der Waals surface area contributed by atoms with Crippen LogP contribution in [0.4, 0.5) is 0 Å². The summed E-state index contributed by atoms with van der Waals surface area (Å²) in [6.45, 7) is 12.1. The molecule has 2 nitrogen and oxygen atoms in total. The van der Waals surface area contributed by atoms with E-state index in [4.69, 9.17) is 5.11 Å². The van der Waals surface area contributed by atoms with E-state index >= 15 is 0 Å². The third-order valence-corrected chi connectivity index (χ3v) is 3.51. The van der Waals surface area contributed by atoms with Crippen LogP contribution in [-0.4, -0.2) is 11.1 Å². The van der Waals surface area contributed by atoms with Crippen LogP contribution in [-0.2, 0) is 4.79 Å². The Morgan fingerprint density at radius 3 is 2.44 bits per heavy atom. The zero-order valence-corrected chi connectivity index (χ0v) is 12.0. The molecule has 0 aromatic rings. The van der Waals surface area contributed by atoms with Crippen LogP contribution in [0, 0.1) is 11.8 Å². The second-order valence-corrected chi connectivity index (χ2v) is 5.38. The van der Waals surface area contributed by atoms with Crippen LogP contribution in [0.25, 0.3) is 0 Å². The number of carboxylic acid groups (broad SMARTS) is 1. The van der Waals surface area contributed by atoms with Gasteiger partial charge in [0.15, 0.2) is 0 Å². The summed E-state index contributed by atoms with van der Waals surface area (Å²) in [5.74, 6) is 0.507. The molecule has 0 aliphatic carbocycles. The van der Waals surface area contributed by atoms with E-state index in [1.165, 1.54) is 5.57 Å². The molecule has 0 saturated carbocycles.